The molecule has 3 aromatic rings. The fraction of sp³-hybridized carbons (Fsp3) is 0.125. The summed E-state index contributed by atoms with van der Waals surface area (Å²) in [6.07, 6.45) is 1.78. The second kappa shape index (κ2) is 9.94. The molecule has 0 unspecified atom stereocenters. The Kier molecular flexibility index (Phi) is 6.82. The number of rotatable bonds is 6. The van der Waals surface area contributed by atoms with Crippen molar-refractivity contribution in [1.82, 2.24) is 5.32 Å². The number of halogens is 2. The Balaban J connectivity index is 1.69. The van der Waals surface area contributed by atoms with Crippen LogP contribution in [0.1, 0.15) is 11.3 Å². The molecular weight excluding hydrogens is 465 g/mol. The number of carbonyl (C=O) groups is 2. The van der Waals surface area contributed by atoms with Gasteiger partial charge in [-0.1, -0.05) is 41.6 Å². The van der Waals surface area contributed by atoms with E-state index in [-0.39, 0.29) is 23.1 Å². The number of nitrogens with zero attached hydrogens (tertiary/aromatic N) is 2. The molecule has 2 amide bonds. The molecule has 1 fully saturated rings. The number of hydrogen-bond acceptors (Lipinski definition) is 5. The van der Waals surface area contributed by atoms with Gasteiger partial charge >= 0.3 is 0 Å². The second-order valence-electron chi connectivity index (χ2n) is 7.11. The molecule has 0 aliphatic carbocycles. The quantitative estimate of drug-likeness (QED) is 0.403. The van der Waals surface area contributed by atoms with Gasteiger partial charge in [-0.15, -0.1) is 0 Å². The minimum absolute atomic E-state index is 0.0858. The zero-order valence-corrected chi connectivity index (χ0v) is 18.7. The summed E-state index contributed by atoms with van der Waals surface area (Å²) in [4.78, 5) is 27.5. The molecule has 2 aromatic carbocycles. The molecule has 0 radical (unpaired) electrons. The molecule has 1 aromatic heterocycles. The monoisotopic (exact) mass is 481 g/mol. The number of thioether (sulfide) groups is 1. The maximum absolute atomic E-state index is 13.5. The van der Waals surface area contributed by atoms with Crippen LogP contribution in [-0.2, 0) is 22.6 Å². The highest BCUT2D eigenvalue weighted by atomic mass is 35.5. The molecular formula is C24H17ClFN3O3S. The summed E-state index contributed by atoms with van der Waals surface area (Å²) in [5.74, 6) is -0.913. The first kappa shape index (κ1) is 22.6. The summed E-state index contributed by atoms with van der Waals surface area (Å²) < 4.78 is 18.7. The normalized spacial score (nSPS) is 17.1. The van der Waals surface area contributed by atoms with Crippen LogP contribution in [0.5, 0.6) is 0 Å². The largest absolute Gasteiger partial charge is 0.467 e. The third kappa shape index (κ3) is 4.95. The Labute approximate surface area is 198 Å². The van der Waals surface area contributed by atoms with Crippen molar-refractivity contribution in [1.29, 1.82) is 5.26 Å². The molecule has 6 nitrogen and oxygen atoms in total. The van der Waals surface area contributed by atoms with Gasteiger partial charge in [0.15, 0.2) is 0 Å². The Morgan fingerprint density at radius 3 is 2.61 bits per heavy atom. The molecule has 9 heteroatoms. The highest BCUT2D eigenvalue weighted by Gasteiger charge is 2.41. The van der Waals surface area contributed by atoms with E-state index in [2.05, 4.69) is 5.32 Å². The second-order valence-corrected chi connectivity index (χ2v) is 8.70. The third-order valence-corrected chi connectivity index (χ3v) is 6.59. The number of benzene rings is 2. The molecule has 1 aliphatic heterocycles. The molecule has 1 atom stereocenters. The lowest BCUT2D eigenvalue weighted by Crippen LogP contribution is -2.32. The van der Waals surface area contributed by atoms with Gasteiger partial charge in [-0.05, 0) is 54.4 Å². The molecule has 0 bridgehead atoms. The molecule has 4 rings (SSSR count). The van der Waals surface area contributed by atoms with Gasteiger partial charge in [-0.25, -0.2) is 4.39 Å². The van der Waals surface area contributed by atoms with Crippen LogP contribution in [0.3, 0.4) is 0 Å². The van der Waals surface area contributed by atoms with Gasteiger partial charge in [0.25, 0.3) is 5.91 Å². The topological polar surface area (TPSA) is 86.3 Å². The first-order valence-corrected chi connectivity index (χ1v) is 11.2. The van der Waals surface area contributed by atoms with Crippen molar-refractivity contribution in [3.8, 4) is 6.07 Å². The van der Waals surface area contributed by atoms with E-state index in [9.17, 15) is 19.2 Å². The number of furan rings is 1. The van der Waals surface area contributed by atoms with Gasteiger partial charge in [0.2, 0.25) is 5.91 Å². The van der Waals surface area contributed by atoms with E-state index in [1.807, 2.05) is 18.2 Å². The highest BCUT2D eigenvalue weighted by Crippen LogP contribution is 2.42. The number of nitrogens with one attached hydrogen (secondary N) is 1. The van der Waals surface area contributed by atoms with E-state index < -0.39 is 17.0 Å². The fourth-order valence-electron chi connectivity index (χ4n) is 3.34. The number of carbonyl (C=O) groups excluding carboxylic acids is 2. The predicted octanol–water partition coefficient (Wildman–Crippen LogP) is 4.81. The van der Waals surface area contributed by atoms with E-state index in [0.29, 0.717) is 22.9 Å². The molecule has 1 aliphatic rings. The maximum atomic E-state index is 13.5. The number of anilines is 1. The lowest BCUT2D eigenvalue weighted by atomic mass is 10.1. The van der Waals surface area contributed by atoms with Gasteiger partial charge in [0, 0.05) is 10.7 Å². The lowest BCUT2D eigenvalue weighted by molar-refractivity contribution is -0.117. The fourth-order valence-corrected chi connectivity index (χ4v) is 4.85. The summed E-state index contributed by atoms with van der Waals surface area (Å²) in [5, 5.41) is 12.5. The van der Waals surface area contributed by atoms with Crippen LogP contribution in [0.15, 0.2) is 81.9 Å². The van der Waals surface area contributed by atoms with Crippen molar-refractivity contribution in [2.75, 3.05) is 4.90 Å². The molecule has 0 saturated carbocycles. The molecule has 2 heterocycles. The van der Waals surface area contributed by atoms with Crippen molar-refractivity contribution < 1.29 is 18.4 Å². The molecule has 1 N–H and O–H groups in total. The standard InChI is InChI=1S/C24H17ClFN3O3S/c25-20-6-2-1-4-15(20)12-21-23(31)29(17-9-7-16(26)8-10-17)24(33-21)19(13-27)22(30)28-14-18-5-3-11-32-18/h1-11,21H,12,14H2,(H,28,30)/b24-19-/t21-/m0/s1. The van der Waals surface area contributed by atoms with Gasteiger partial charge in [-0.2, -0.15) is 5.26 Å². The molecule has 1 saturated heterocycles. The average Bonchev–Trinajstić information content (AvgIpc) is 3.44. The minimum atomic E-state index is -0.644. The highest BCUT2D eigenvalue weighted by molar-refractivity contribution is 8.05. The first-order valence-electron chi connectivity index (χ1n) is 9.92. The smallest absolute Gasteiger partial charge is 0.265 e. The van der Waals surface area contributed by atoms with Crippen LogP contribution in [0.4, 0.5) is 10.1 Å². The van der Waals surface area contributed by atoms with Gasteiger partial charge in [0.05, 0.1) is 18.1 Å². The number of amides is 2. The van der Waals surface area contributed by atoms with Crippen molar-refractivity contribution in [3.05, 3.63) is 99.7 Å². The van der Waals surface area contributed by atoms with E-state index >= 15 is 0 Å². The third-order valence-electron chi connectivity index (χ3n) is 4.96. The molecule has 166 valence electrons. The van der Waals surface area contributed by atoms with Gasteiger partial charge in [0.1, 0.15) is 28.2 Å². The lowest BCUT2D eigenvalue weighted by Gasteiger charge is -2.18. The zero-order valence-electron chi connectivity index (χ0n) is 17.1. The minimum Gasteiger partial charge on any atom is -0.467 e. The SMILES string of the molecule is N#C/C(C(=O)NCc1ccco1)=C1/S[C@@H](Cc2ccccc2Cl)C(=O)N1c1ccc(F)cc1. The summed E-state index contributed by atoms with van der Waals surface area (Å²) in [5.41, 5.74) is 0.911. The van der Waals surface area contributed by atoms with Crippen LogP contribution < -0.4 is 10.2 Å². The van der Waals surface area contributed by atoms with Gasteiger partial charge < -0.3 is 9.73 Å². The van der Waals surface area contributed by atoms with Crippen LogP contribution in [0, 0.1) is 17.1 Å². The van der Waals surface area contributed by atoms with E-state index in [1.54, 1.807) is 24.3 Å². The number of hydrogen-bond donors (Lipinski definition) is 1. The Hall–Kier alpha value is -3.54. The van der Waals surface area contributed by atoms with E-state index in [4.69, 9.17) is 16.0 Å². The summed E-state index contributed by atoms with van der Waals surface area (Å²) >= 11 is 7.39. The number of nitriles is 1. The molecule has 0 spiro atoms. The van der Waals surface area contributed by atoms with Crippen LogP contribution in [0.25, 0.3) is 0 Å². The van der Waals surface area contributed by atoms with Crippen LogP contribution in [-0.4, -0.2) is 17.1 Å². The Bertz CT molecular complexity index is 1250. The Morgan fingerprint density at radius 2 is 1.94 bits per heavy atom. The average molecular weight is 482 g/mol. The van der Waals surface area contributed by atoms with Crippen molar-refractivity contribution in [3.63, 3.8) is 0 Å². The van der Waals surface area contributed by atoms with Crippen molar-refractivity contribution >= 4 is 40.9 Å². The summed E-state index contributed by atoms with van der Waals surface area (Å²) in [7, 11) is 0. The van der Waals surface area contributed by atoms with Crippen LogP contribution >= 0.6 is 23.4 Å². The summed E-state index contributed by atoms with van der Waals surface area (Å²) in [6, 6.07) is 17.8. The molecule has 33 heavy (non-hydrogen) atoms. The summed E-state index contributed by atoms with van der Waals surface area (Å²) in [6.45, 7) is 0.0858. The van der Waals surface area contributed by atoms with Gasteiger partial charge in [-0.3, -0.25) is 14.5 Å². The zero-order chi connectivity index (χ0) is 23.4. The van der Waals surface area contributed by atoms with E-state index in [0.717, 1.165) is 17.3 Å². The predicted molar refractivity (Wildman–Crippen MR) is 124 cm³/mol. The maximum Gasteiger partial charge on any atom is 0.265 e. The van der Waals surface area contributed by atoms with E-state index in [1.165, 1.54) is 35.4 Å². The van der Waals surface area contributed by atoms with Crippen molar-refractivity contribution in [2.24, 2.45) is 0 Å². The van der Waals surface area contributed by atoms with Crippen LogP contribution in [0.2, 0.25) is 5.02 Å². The Morgan fingerprint density at radius 1 is 1.18 bits per heavy atom. The van der Waals surface area contributed by atoms with Crippen molar-refractivity contribution in [2.45, 2.75) is 18.2 Å². The first-order chi connectivity index (χ1) is 16.0.